The molecule has 1 amide bonds. The molecular weight excluding hydrogens is 549 g/mol. The summed E-state index contributed by atoms with van der Waals surface area (Å²) in [7, 11) is 1.49. The number of methoxy groups -OCH3 is 1. The summed E-state index contributed by atoms with van der Waals surface area (Å²) < 4.78 is 12.1. The van der Waals surface area contributed by atoms with Gasteiger partial charge in [0, 0.05) is 17.8 Å². The first-order chi connectivity index (χ1) is 16.3. The van der Waals surface area contributed by atoms with Gasteiger partial charge in [0.1, 0.15) is 18.2 Å². The van der Waals surface area contributed by atoms with Crippen molar-refractivity contribution >= 4 is 45.9 Å². The van der Waals surface area contributed by atoms with Gasteiger partial charge in [0.05, 0.1) is 15.6 Å². The molecule has 0 bridgehead atoms. The van der Waals surface area contributed by atoms with E-state index in [1.807, 2.05) is 25.1 Å². The Hall–Kier alpha value is -3.91. The number of ether oxygens (including phenoxy) is 2. The van der Waals surface area contributed by atoms with Gasteiger partial charge in [-0.25, -0.2) is 0 Å². The van der Waals surface area contributed by atoms with Gasteiger partial charge in [-0.2, -0.15) is 5.26 Å². The number of nitrogens with one attached hydrogen (secondary N) is 1. The maximum Gasteiger partial charge on any atom is 0.269 e. The van der Waals surface area contributed by atoms with E-state index in [0.29, 0.717) is 26.3 Å². The molecule has 0 aliphatic heterocycles. The number of nitriles is 1. The van der Waals surface area contributed by atoms with E-state index in [0.717, 1.165) is 11.1 Å². The Balaban J connectivity index is 1.78. The Bertz CT molecular complexity index is 1280. The van der Waals surface area contributed by atoms with Crippen molar-refractivity contribution < 1.29 is 19.2 Å². The summed E-state index contributed by atoms with van der Waals surface area (Å²) in [6.07, 6.45) is 1.48. The first-order valence-electron chi connectivity index (χ1n) is 10.0. The zero-order chi connectivity index (χ0) is 24.7. The molecular formula is C25H20IN3O5. The smallest absolute Gasteiger partial charge is 0.269 e. The highest BCUT2D eigenvalue weighted by Crippen LogP contribution is 2.35. The lowest BCUT2D eigenvalue weighted by atomic mass is 10.1. The molecule has 0 heterocycles. The third-order valence-corrected chi connectivity index (χ3v) is 5.57. The van der Waals surface area contributed by atoms with Crippen LogP contribution in [0.15, 0.2) is 66.2 Å². The van der Waals surface area contributed by atoms with E-state index in [1.165, 1.54) is 25.3 Å². The number of carbonyl (C=O) groups is 1. The topological polar surface area (TPSA) is 114 Å². The van der Waals surface area contributed by atoms with E-state index in [-0.39, 0.29) is 17.9 Å². The monoisotopic (exact) mass is 569 g/mol. The lowest BCUT2D eigenvalue weighted by molar-refractivity contribution is -0.384. The Morgan fingerprint density at radius 3 is 2.44 bits per heavy atom. The molecule has 0 spiro atoms. The minimum absolute atomic E-state index is 0.00626. The van der Waals surface area contributed by atoms with Gasteiger partial charge >= 0.3 is 0 Å². The molecule has 0 aliphatic rings. The van der Waals surface area contributed by atoms with Gasteiger partial charge in [0.2, 0.25) is 0 Å². The van der Waals surface area contributed by atoms with Crippen molar-refractivity contribution in [2.24, 2.45) is 0 Å². The Labute approximate surface area is 210 Å². The van der Waals surface area contributed by atoms with Gasteiger partial charge in [0.15, 0.2) is 11.5 Å². The molecule has 3 rings (SSSR count). The Morgan fingerprint density at radius 2 is 1.85 bits per heavy atom. The van der Waals surface area contributed by atoms with Crippen LogP contribution < -0.4 is 14.8 Å². The van der Waals surface area contributed by atoms with Crippen molar-refractivity contribution in [2.75, 3.05) is 12.4 Å². The van der Waals surface area contributed by atoms with Crippen molar-refractivity contribution in [3.63, 3.8) is 0 Å². The zero-order valence-electron chi connectivity index (χ0n) is 18.4. The quantitative estimate of drug-likeness (QED) is 0.124. The molecule has 3 aromatic rings. The van der Waals surface area contributed by atoms with Crippen LogP contribution in [-0.4, -0.2) is 17.9 Å². The number of benzene rings is 3. The maximum absolute atomic E-state index is 12.6. The third-order valence-electron chi connectivity index (χ3n) is 4.77. The normalized spacial score (nSPS) is 10.8. The molecule has 0 aromatic heterocycles. The summed E-state index contributed by atoms with van der Waals surface area (Å²) in [4.78, 5) is 22.9. The number of hydrogen-bond acceptors (Lipinski definition) is 6. The molecule has 0 radical (unpaired) electrons. The fourth-order valence-corrected chi connectivity index (χ4v) is 3.76. The number of halogens is 1. The second kappa shape index (κ2) is 11.3. The number of aryl methyl sites for hydroxylation is 1. The number of non-ortho nitro benzene ring substituents is 1. The van der Waals surface area contributed by atoms with Crippen molar-refractivity contribution in [1.82, 2.24) is 0 Å². The molecule has 34 heavy (non-hydrogen) atoms. The van der Waals surface area contributed by atoms with E-state index in [2.05, 4.69) is 27.9 Å². The Morgan fingerprint density at radius 1 is 1.18 bits per heavy atom. The average molecular weight is 569 g/mol. The van der Waals surface area contributed by atoms with Crippen LogP contribution in [0, 0.1) is 31.9 Å². The second-order valence-corrected chi connectivity index (χ2v) is 8.40. The van der Waals surface area contributed by atoms with Crippen LogP contribution in [0.2, 0.25) is 0 Å². The lowest BCUT2D eigenvalue weighted by Gasteiger charge is -2.14. The van der Waals surface area contributed by atoms with Crippen LogP contribution in [0.3, 0.4) is 0 Å². The van der Waals surface area contributed by atoms with Gasteiger partial charge in [-0.3, -0.25) is 14.9 Å². The zero-order valence-corrected chi connectivity index (χ0v) is 20.5. The Kier molecular flexibility index (Phi) is 8.21. The van der Waals surface area contributed by atoms with Crippen molar-refractivity contribution in [1.29, 1.82) is 5.26 Å². The minimum Gasteiger partial charge on any atom is -0.493 e. The van der Waals surface area contributed by atoms with E-state index in [9.17, 15) is 20.2 Å². The van der Waals surface area contributed by atoms with Gasteiger partial charge < -0.3 is 14.8 Å². The number of nitrogens with zero attached hydrogens (tertiary/aromatic N) is 2. The number of rotatable bonds is 8. The molecule has 0 saturated heterocycles. The van der Waals surface area contributed by atoms with Crippen molar-refractivity contribution in [3.05, 3.63) is 96.6 Å². The number of anilines is 1. The van der Waals surface area contributed by atoms with E-state index in [1.54, 1.807) is 36.4 Å². The molecule has 0 saturated carbocycles. The van der Waals surface area contributed by atoms with E-state index < -0.39 is 10.8 Å². The highest BCUT2D eigenvalue weighted by atomic mass is 127. The molecule has 0 aliphatic carbocycles. The van der Waals surface area contributed by atoms with E-state index in [4.69, 9.17) is 9.47 Å². The predicted octanol–water partition coefficient (Wildman–Crippen LogP) is 5.64. The van der Waals surface area contributed by atoms with Gasteiger partial charge in [-0.15, -0.1) is 0 Å². The maximum atomic E-state index is 12.6. The standard InChI is InChI=1S/C25H20IN3O5/c1-16-3-7-20(8-4-16)28-25(30)19(14-27)11-18-12-22(26)24(23(13-18)33-2)34-15-17-5-9-21(10-6-17)29(31)32/h3-13H,15H2,1-2H3,(H,28,30)/b19-11-. The van der Waals surface area contributed by atoms with Crippen LogP contribution in [0.1, 0.15) is 16.7 Å². The molecule has 1 N–H and O–H groups in total. The molecule has 172 valence electrons. The summed E-state index contributed by atoms with van der Waals surface area (Å²) in [6.45, 7) is 2.13. The summed E-state index contributed by atoms with van der Waals surface area (Å²) in [5.41, 5.74) is 2.96. The molecule has 0 fully saturated rings. The number of carbonyl (C=O) groups excluding carboxylic acids is 1. The van der Waals surface area contributed by atoms with Crippen LogP contribution in [0.5, 0.6) is 11.5 Å². The fraction of sp³-hybridized carbons (Fsp3) is 0.120. The highest BCUT2D eigenvalue weighted by Gasteiger charge is 2.15. The number of hydrogen-bond donors (Lipinski definition) is 1. The third kappa shape index (κ3) is 6.32. The number of amides is 1. The fourth-order valence-electron chi connectivity index (χ4n) is 2.98. The minimum atomic E-state index is -0.515. The van der Waals surface area contributed by atoms with Crippen LogP contribution in [-0.2, 0) is 11.4 Å². The predicted molar refractivity (Wildman–Crippen MR) is 137 cm³/mol. The number of nitro benzene ring substituents is 1. The van der Waals surface area contributed by atoms with E-state index >= 15 is 0 Å². The largest absolute Gasteiger partial charge is 0.493 e. The molecule has 0 atom stereocenters. The average Bonchev–Trinajstić information content (AvgIpc) is 2.83. The van der Waals surface area contributed by atoms with Crippen molar-refractivity contribution in [3.8, 4) is 17.6 Å². The number of nitro groups is 1. The molecule has 8 nitrogen and oxygen atoms in total. The summed E-state index contributed by atoms with van der Waals surface area (Å²) in [5.74, 6) is 0.399. The van der Waals surface area contributed by atoms with Crippen LogP contribution in [0.25, 0.3) is 6.08 Å². The molecule has 3 aromatic carbocycles. The summed E-state index contributed by atoms with van der Waals surface area (Å²) in [5, 5.41) is 23.0. The highest BCUT2D eigenvalue weighted by molar-refractivity contribution is 14.1. The van der Waals surface area contributed by atoms with Gasteiger partial charge in [0.25, 0.3) is 11.6 Å². The van der Waals surface area contributed by atoms with Crippen LogP contribution >= 0.6 is 22.6 Å². The first kappa shape index (κ1) is 24.7. The first-order valence-corrected chi connectivity index (χ1v) is 11.1. The van der Waals surface area contributed by atoms with Gasteiger partial charge in [-0.05, 0) is 83.1 Å². The summed E-state index contributed by atoms with van der Waals surface area (Å²) in [6, 6.07) is 18.7. The lowest BCUT2D eigenvalue weighted by Crippen LogP contribution is -2.13. The van der Waals surface area contributed by atoms with Crippen molar-refractivity contribution in [2.45, 2.75) is 13.5 Å². The van der Waals surface area contributed by atoms with Gasteiger partial charge in [-0.1, -0.05) is 17.7 Å². The SMILES string of the molecule is COc1cc(/C=C(/C#N)C(=O)Nc2ccc(C)cc2)cc(I)c1OCc1ccc([N+](=O)[O-])cc1. The molecule has 0 unspecified atom stereocenters. The summed E-state index contributed by atoms with van der Waals surface area (Å²) >= 11 is 2.08. The second-order valence-electron chi connectivity index (χ2n) is 7.24. The molecule has 9 heteroatoms. The van der Waals surface area contributed by atoms with Crippen LogP contribution in [0.4, 0.5) is 11.4 Å².